The number of anilines is 1. The number of benzene rings is 1. The second kappa shape index (κ2) is 4.58. The Bertz CT molecular complexity index is 460. The largest absolute Gasteiger partial charge is 0.505 e. The fourth-order valence-electron chi connectivity index (χ4n) is 0.942. The lowest BCUT2D eigenvalue weighted by Crippen LogP contribution is -2.08. The molecule has 5 heteroatoms. The Hall–Kier alpha value is -1.86. The van der Waals surface area contributed by atoms with Crippen molar-refractivity contribution in [3.05, 3.63) is 22.7 Å². The number of hydrogen-bond acceptors (Lipinski definition) is 3. The summed E-state index contributed by atoms with van der Waals surface area (Å²) in [5, 5.41) is 9.85. The number of amides is 1. The Balaban J connectivity index is 3.02. The van der Waals surface area contributed by atoms with Gasteiger partial charge >= 0.3 is 0 Å². The molecule has 0 heterocycles. The van der Waals surface area contributed by atoms with Crippen LogP contribution in [0.25, 0.3) is 0 Å². The topological polar surface area (TPSA) is 89.3 Å². The number of halogens is 1. The van der Waals surface area contributed by atoms with E-state index in [1.54, 1.807) is 0 Å². The third-order valence-corrected chi connectivity index (χ3v) is 1.81. The van der Waals surface area contributed by atoms with E-state index in [0.29, 0.717) is 5.02 Å². The van der Waals surface area contributed by atoms with Crippen molar-refractivity contribution in [1.29, 1.82) is 0 Å². The third-order valence-electron chi connectivity index (χ3n) is 1.59. The monoisotopic (exact) mass is 224 g/mol. The van der Waals surface area contributed by atoms with Crippen LogP contribution in [0.1, 0.15) is 12.0 Å². The molecule has 0 saturated carbocycles. The van der Waals surface area contributed by atoms with Gasteiger partial charge in [0.2, 0.25) is 5.91 Å². The average molecular weight is 225 g/mol. The van der Waals surface area contributed by atoms with E-state index in [4.69, 9.17) is 23.1 Å². The highest BCUT2D eigenvalue weighted by Gasteiger charge is 2.04. The standard InChI is InChI=1S/C10H9ClN2O2/c11-7-4-6(2-1-3-9(13)14)10(15)8(12)5-7/h4-5,15H,3,12H2,(H2,13,14). The van der Waals surface area contributed by atoms with E-state index in [0.717, 1.165) is 0 Å². The SMILES string of the molecule is NC(=O)CC#Cc1cc(Cl)cc(N)c1O. The van der Waals surface area contributed by atoms with E-state index >= 15 is 0 Å². The van der Waals surface area contributed by atoms with Gasteiger partial charge in [0.05, 0.1) is 17.7 Å². The molecule has 78 valence electrons. The molecule has 1 rings (SSSR count). The van der Waals surface area contributed by atoms with Crippen molar-refractivity contribution in [1.82, 2.24) is 0 Å². The molecular formula is C10H9ClN2O2. The van der Waals surface area contributed by atoms with Gasteiger partial charge in [0.1, 0.15) is 0 Å². The lowest BCUT2D eigenvalue weighted by atomic mass is 10.1. The van der Waals surface area contributed by atoms with Crippen LogP contribution in [0, 0.1) is 11.8 Å². The zero-order valence-corrected chi connectivity index (χ0v) is 8.51. The number of nitrogens with two attached hydrogens (primary N) is 2. The van der Waals surface area contributed by atoms with E-state index in [-0.39, 0.29) is 23.4 Å². The van der Waals surface area contributed by atoms with Gasteiger partial charge in [-0.3, -0.25) is 4.79 Å². The molecule has 0 saturated heterocycles. The van der Waals surface area contributed by atoms with Crippen LogP contribution in [0.5, 0.6) is 5.75 Å². The van der Waals surface area contributed by atoms with E-state index in [1.165, 1.54) is 12.1 Å². The Kier molecular flexibility index (Phi) is 3.42. The van der Waals surface area contributed by atoms with Gasteiger partial charge in [-0.2, -0.15) is 0 Å². The van der Waals surface area contributed by atoms with E-state index in [9.17, 15) is 9.90 Å². The minimum Gasteiger partial charge on any atom is -0.505 e. The maximum absolute atomic E-state index is 10.4. The first-order valence-electron chi connectivity index (χ1n) is 4.06. The number of nitrogen functional groups attached to an aromatic ring is 1. The van der Waals surface area contributed by atoms with Gasteiger partial charge in [0, 0.05) is 5.02 Å². The summed E-state index contributed by atoms with van der Waals surface area (Å²) in [6.07, 6.45) is -0.0775. The number of aromatic hydroxyl groups is 1. The van der Waals surface area contributed by atoms with Crippen LogP contribution in [0.3, 0.4) is 0 Å². The van der Waals surface area contributed by atoms with E-state index < -0.39 is 5.91 Å². The van der Waals surface area contributed by atoms with Gasteiger partial charge in [0.25, 0.3) is 0 Å². The minimum atomic E-state index is -0.531. The van der Waals surface area contributed by atoms with E-state index in [1.807, 2.05) is 0 Å². The summed E-state index contributed by atoms with van der Waals surface area (Å²) >= 11 is 5.71. The summed E-state index contributed by atoms with van der Waals surface area (Å²) in [5.41, 5.74) is 10.8. The lowest BCUT2D eigenvalue weighted by Gasteiger charge is -2.01. The molecule has 5 N–H and O–H groups in total. The molecule has 15 heavy (non-hydrogen) atoms. The molecule has 4 nitrogen and oxygen atoms in total. The van der Waals surface area contributed by atoms with Crippen molar-refractivity contribution in [2.24, 2.45) is 5.73 Å². The van der Waals surface area contributed by atoms with Gasteiger partial charge in [0.15, 0.2) is 5.75 Å². The summed E-state index contributed by atoms with van der Waals surface area (Å²) in [6.45, 7) is 0. The Morgan fingerprint density at radius 3 is 2.80 bits per heavy atom. The predicted octanol–water partition coefficient (Wildman–Crippen LogP) is 0.855. The number of carbonyl (C=O) groups is 1. The van der Waals surface area contributed by atoms with Crippen molar-refractivity contribution >= 4 is 23.2 Å². The minimum absolute atomic E-state index is 0.0775. The fourth-order valence-corrected chi connectivity index (χ4v) is 1.17. The van der Waals surface area contributed by atoms with Crippen LogP contribution >= 0.6 is 11.6 Å². The highest BCUT2D eigenvalue weighted by atomic mass is 35.5. The second-order valence-electron chi connectivity index (χ2n) is 2.84. The molecule has 0 spiro atoms. The smallest absolute Gasteiger partial charge is 0.229 e. The summed E-state index contributed by atoms with van der Waals surface area (Å²) < 4.78 is 0. The molecule has 0 aliphatic rings. The van der Waals surface area contributed by atoms with Crippen LogP contribution < -0.4 is 11.5 Å². The molecule has 0 atom stereocenters. The zero-order chi connectivity index (χ0) is 11.4. The summed E-state index contributed by atoms with van der Waals surface area (Å²) in [6, 6.07) is 2.87. The van der Waals surface area contributed by atoms with Gasteiger partial charge in [-0.1, -0.05) is 23.4 Å². The number of rotatable bonds is 1. The third kappa shape index (κ3) is 3.08. The molecular weight excluding hydrogens is 216 g/mol. The summed E-state index contributed by atoms with van der Waals surface area (Å²) in [5.74, 6) is 4.39. The molecule has 1 aromatic rings. The van der Waals surface area contributed by atoms with Crippen molar-refractivity contribution < 1.29 is 9.90 Å². The molecule has 0 aliphatic carbocycles. The average Bonchev–Trinajstić information content (AvgIpc) is 2.12. The number of hydrogen-bond donors (Lipinski definition) is 3. The van der Waals surface area contributed by atoms with Crippen molar-refractivity contribution in [2.75, 3.05) is 5.73 Å². The van der Waals surface area contributed by atoms with Gasteiger partial charge in [-0.05, 0) is 12.1 Å². The highest BCUT2D eigenvalue weighted by molar-refractivity contribution is 6.31. The number of primary amides is 1. The second-order valence-corrected chi connectivity index (χ2v) is 3.27. The quantitative estimate of drug-likeness (QED) is 0.375. The molecule has 0 radical (unpaired) electrons. The summed E-state index contributed by atoms with van der Waals surface area (Å²) in [7, 11) is 0. The molecule has 0 aromatic heterocycles. The maximum atomic E-state index is 10.4. The molecule has 0 aliphatic heterocycles. The van der Waals surface area contributed by atoms with Crippen LogP contribution in [-0.4, -0.2) is 11.0 Å². The van der Waals surface area contributed by atoms with Crippen LogP contribution in [0.15, 0.2) is 12.1 Å². The maximum Gasteiger partial charge on any atom is 0.229 e. The summed E-state index contributed by atoms with van der Waals surface area (Å²) in [4.78, 5) is 10.4. The Morgan fingerprint density at radius 2 is 2.20 bits per heavy atom. The highest BCUT2D eigenvalue weighted by Crippen LogP contribution is 2.28. The number of carbonyl (C=O) groups excluding carboxylic acids is 1. The lowest BCUT2D eigenvalue weighted by molar-refractivity contribution is -0.117. The van der Waals surface area contributed by atoms with Crippen molar-refractivity contribution in [3.8, 4) is 17.6 Å². The fraction of sp³-hybridized carbons (Fsp3) is 0.100. The van der Waals surface area contributed by atoms with Crippen molar-refractivity contribution in [2.45, 2.75) is 6.42 Å². The molecule has 1 aromatic carbocycles. The van der Waals surface area contributed by atoms with E-state index in [2.05, 4.69) is 11.8 Å². The first kappa shape index (κ1) is 11.2. The molecule has 1 amide bonds. The number of phenols is 1. The van der Waals surface area contributed by atoms with Gasteiger partial charge < -0.3 is 16.6 Å². The van der Waals surface area contributed by atoms with Crippen molar-refractivity contribution in [3.63, 3.8) is 0 Å². The van der Waals surface area contributed by atoms with Crippen LogP contribution in [0.2, 0.25) is 5.02 Å². The Morgan fingerprint density at radius 1 is 1.53 bits per heavy atom. The first-order chi connectivity index (χ1) is 7.00. The molecule has 0 fully saturated rings. The number of phenolic OH excluding ortho intramolecular Hbond substituents is 1. The zero-order valence-electron chi connectivity index (χ0n) is 7.75. The molecule has 0 unspecified atom stereocenters. The van der Waals surface area contributed by atoms with Crippen LogP contribution in [0.4, 0.5) is 5.69 Å². The predicted molar refractivity (Wildman–Crippen MR) is 58.2 cm³/mol. The Labute approximate surface area is 91.8 Å². The normalized spacial score (nSPS) is 9.13. The first-order valence-corrected chi connectivity index (χ1v) is 4.43. The molecule has 0 bridgehead atoms. The van der Waals surface area contributed by atoms with Crippen LogP contribution in [-0.2, 0) is 4.79 Å². The van der Waals surface area contributed by atoms with Gasteiger partial charge in [-0.25, -0.2) is 0 Å². The van der Waals surface area contributed by atoms with Gasteiger partial charge in [-0.15, -0.1) is 0 Å².